The molecule has 1 amide bonds. The first-order valence-corrected chi connectivity index (χ1v) is 13.4. The Morgan fingerprint density at radius 1 is 0.889 bits per heavy atom. The van der Waals surface area contributed by atoms with Crippen LogP contribution in [0.5, 0.6) is 0 Å². The minimum Gasteiger partial charge on any atom is -0.385 e. The summed E-state index contributed by atoms with van der Waals surface area (Å²) in [5.41, 5.74) is 4.32. The smallest absolute Gasteiger partial charge is 0.237 e. The number of likely N-dealkylation sites (tertiary alicyclic amines) is 1. The summed E-state index contributed by atoms with van der Waals surface area (Å²) in [5, 5.41) is 11.5. The number of benzene rings is 3. The van der Waals surface area contributed by atoms with Gasteiger partial charge in [-0.25, -0.2) is 0 Å². The summed E-state index contributed by atoms with van der Waals surface area (Å²) in [7, 11) is 1.92. The molecule has 0 spiro atoms. The highest BCUT2D eigenvalue weighted by Gasteiger charge is 2.48. The molecule has 36 heavy (non-hydrogen) atoms. The minimum absolute atomic E-state index is 0.175. The van der Waals surface area contributed by atoms with E-state index in [1.165, 1.54) is 11.1 Å². The second-order valence-corrected chi connectivity index (χ2v) is 10.7. The normalized spacial score (nSPS) is 21.9. The summed E-state index contributed by atoms with van der Waals surface area (Å²) in [5.74, 6) is 0.175. The predicted octanol–water partition coefficient (Wildman–Crippen LogP) is 5.27. The molecule has 4 heteroatoms. The SMILES string of the molecule is CCCc1cccc(C2(O)CCN(CCC3(c4ccccc4)C(=O)N(C)Cc4ccccc43)CC2)c1. The second-order valence-electron chi connectivity index (χ2n) is 10.7. The molecule has 2 heterocycles. The minimum atomic E-state index is -0.773. The third kappa shape index (κ3) is 4.49. The van der Waals surface area contributed by atoms with Crippen LogP contribution in [-0.4, -0.2) is 47.5 Å². The van der Waals surface area contributed by atoms with E-state index in [9.17, 15) is 9.90 Å². The Morgan fingerprint density at radius 2 is 1.58 bits per heavy atom. The average Bonchev–Trinajstić information content (AvgIpc) is 2.91. The monoisotopic (exact) mass is 482 g/mol. The maximum atomic E-state index is 13.9. The first-order chi connectivity index (χ1) is 17.5. The molecule has 1 N–H and O–H groups in total. The molecule has 3 aromatic carbocycles. The first kappa shape index (κ1) is 24.7. The van der Waals surface area contributed by atoms with Crippen LogP contribution in [0.15, 0.2) is 78.9 Å². The Labute approximate surface area is 215 Å². The summed E-state index contributed by atoms with van der Waals surface area (Å²) >= 11 is 0. The van der Waals surface area contributed by atoms with Gasteiger partial charge in [-0.05, 0) is 60.0 Å². The van der Waals surface area contributed by atoms with Crippen LogP contribution in [0, 0.1) is 0 Å². The predicted molar refractivity (Wildman–Crippen MR) is 145 cm³/mol. The maximum Gasteiger partial charge on any atom is 0.237 e. The van der Waals surface area contributed by atoms with E-state index >= 15 is 0 Å². The van der Waals surface area contributed by atoms with Crippen molar-refractivity contribution in [2.75, 3.05) is 26.7 Å². The number of likely N-dealkylation sites (N-methyl/N-ethyl adjacent to an activating group) is 1. The lowest BCUT2D eigenvalue weighted by molar-refractivity contribution is -0.136. The average molecular weight is 483 g/mol. The van der Waals surface area contributed by atoms with Crippen molar-refractivity contribution >= 4 is 5.91 Å². The third-order valence-electron chi connectivity index (χ3n) is 8.35. The standard InChI is InChI=1S/C32H38N2O2/c1-3-10-25-11-9-15-28(23-25)31(36)17-20-34(21-18-31)22-19-32(27-13-5-4-6-14-27)29-16-8-7-12-26(29)24-33(2)30(32)35/h4-9,11-16,23,36H,3,10,17-22,24H2,1-2H3. The number of nitrogens with zero attached hydrogens (tertiary/aromatic N) is 2. The number of carbonyl (C=O) groups excluding carboxylic acids is 1. The molecule has 3 aromatic rings. The quantitative estimate of drug-likeness (QED) is 0.499. The number of carbonyl (C=O) groups is 1. The topological polar surface area (TPSA) is 43.8 Å². The van der Waals surface area contributed by atoms with Crippen LogP contribution in [0.3, 0.4) is 0 Å². The van der Waals surface area contributed by atoms with Crippen LogP contribution >= 0.6 is 0 Å². The van der Waals surface area contributed by atoms with Gasteiger partial charge in [0.1, 0.15) is 5.41 Å². The molecule has 1 fully saturated rings. The van der Waals surface area contributed by atoms with Gasteiger partial charge in [0, 0.05) is 26.7 Å². The molecule has 1 atom stereocenters. The molecule has 2 aliphatic heterocycles. The molecule has 0 aliphatic carbocycles. The van der Waals surface area contributed by atoms with Gasteiger partial charge in [0.25, 0.3) is 0 Å². The first-order valence-electron chi connectivity index (χ1n) is 13.4. The van der Waals surface area contributed by atoms with E-state index in [2.05, 4.69) is 72.5 Å². The zero-order valence-corrected chi connectivity index (χ0v) is 21.6. The molecule has 4 nitrogen and oxygen atoms in total. The zero-order chi connectivity index (χ0) is 25.2. The van der Waals surface area contributed by atoms with E-state index < -0.39 is 11.0 Å². The van der Waals surface area contributed by atoms with E-state index in [4.69, 9.17) is 0 Å². The lowest BCUT2D eigenvalue weighted by Gasteiger charge is -2.44. The molecular weight excluding hydrogens is 444 g/mol. The van der Waals surface area contributed by atoms with Crippen LogP contribution in [-0.2, 0) is 28.8 Å². The molecule has 0 saturated carbocycles. The molecule has 5 rings (SSSR count). The van der Waals surface area contributed by atoms with E-state index in [0.29, 0.717) is 19.4 Å². The fourth-order valence-electron chi connectivity index (χ4n) is 6.30. The van der Waals surface area contributed by atoms with Crippen LogP contribution in [0.1, 0.15) is 60.4 Å². The lowest BCUT2D eigenvalue weighted by atomic mass is 9.67. The molecule has 0 aromatic heterocycles. The number of hydrogen-bond acceptors (Lipinski definition) is 3. The van der Waals surface area contributed by atoms with Gasteiger partial charge in [0.15, 0.2) is 0 Å². The maximum absolute atomic E-state index is 13.9. The van der Waals surface area contributed by atoms with Crippen molar-refractivity contribution < 1.29 is 9.90 Å². The summed E-state index contributed by atoms with van der Waals surface area (Å²) in [4.78, 5) is 18.2. The summed E-state index contributed by atoms with van der Waals surface area (Å²) < 4.78 is 0. The number of rotatable bonds is 7. The lowest BCUT2D eigenvalue weighted by Crippen LogP contribution is -2.52. The van der Waals surface area contributed by atoms with Crippen LogP contribution in [0.25, 0.3) is 0 Å². The molecule has 1 saturated heterocycles. The summed E-state index contributed by atoms with van der Waals surface area (Å²) in [6.07, 6.45) is 4.30. The number of hydrogen-bond donors (Lipinski definition) is 1. The van der Waals surface area contributed by atoms with Gasteiger partial charge >= 0.3 is 0 Å². The number of aliphatic hydroxyl groups is 1. The van der Waals surface area contributed by atoms with Crippen molar-refractivity contribution in [2.45, 2.75) is 56.6 Å². The number of amides is 1. The van der Waals surface area contributed by atoms with Gasteiger partial charge in [0.05, 0.1) is 5.60 Å². The van der Waals surface area contributed by atoms with Crippen molar-refractivity contribution in [2.24, 2.45) is 0 Å². The number of fused-ring (bicyclic) bond motifs is 1. The van der Waals surface area contributed by atoms with Crippen molar-refractivity contribution in [3.63, 3.8) is 0 Å². The molecular formula is C32H38N2O2. The molecule has 0 bridgehead atoms. The van der Waals surface area contributed by atoms with E-state index in [1.54, 1.807) is 0 Å². The molecule has 2 aliphatic rings. The fourth-order valence-corrected chi connectivity index (χ4v) is 6.30. The van der Waals surface area contributed by atoms with E-state index in [0.717, 1.165) is 55.6 Å². The van der Waals surface area contributed by atoms with Crippen molar-refractivity contribution in [1.82, 2.24) is 9.80 Å². The highest BCUT2D eigenvalue weighted by Crippen LogP contribution is 2.43. The zero-order valence-electron chi connectivity index (χ0n) is 21.6. The van der Waals surface area contributed by atoms with Gasteiger partial charge in [-0.2, -0.15) is 0 Å². The number of aryl methyl sites for hydroxylation is 1. The highest BCUT2D eigenvalue weighted by atomic mass is 16.3. The van der Waals surface area contributed by atoms with Crippen molar-refractivity contribution in [1.29, 1.82) is 0 Å². The van der Waals surface area contributed by atoms with E-state index in [-0.39, 0.29) is 5.91 Å². The molecule has 1 unspecified atom stereocenters. The van der Waals surface area contributed by atoms with Gasteiger partial charge in [0.2, 0.25) is 5.91 Å². The van der Waals surface area contributed by atoms with Gasteiger partial charge in [-0.15, -0.1) is 0 Å². The Hall–Kier alpha value is -2.95. The van der Waals surface area contributed by atoms with Crippen LogP contribution in [0.2, 0.25) is 0 Å². The second kappa shape index (κ2) is 10.2. The van der Waals surface area contributed by atoms with Crippen LogP contribution < -0.4 is 0 Å². The van der Waals surface area contributed by atoms with Crippen LogP contribution in [0.4, 0.5) is 0 Å². The Kier molecular flexibility index (Phi) is 7.00. The summed E-state index contributed by atoms with van der Waals surface area (Å²) in [6, 6.07) is 27.2. The highest BCUT2D eigenvalue weighted by molar-refractivity contribution is 5.94. The van der Waals surface area contributed by atoms with Gasteiger partial charge in [-0.1, -0.05) is 92.2 Å². The van der Waals surface area contributed by atoms with Crippen molar-refractivity contribution in [3.05, 3.63) is 107 Å². The molecule has 0 radical (unpaired) electrons. The Bertz CT molecular complexity index is 1200. The largest absolute Gasteiger partial charge is 0.385 e. The molecule has 188 valence electrons. The third-order valence-corrected chi connectivity index (χ3v) is 8.35. The fraction of sp³-hybridized carbons (Fsp3) is 0.406. The Morgan fingerprint density at radius 3 is 2.33 bits per heavy atom. The number of piperidine rings is 1. The Balaban J connectivity index is 1.37. The van der Waals surface area contributed by atoms with Crippen molar-refractivity contribution in [3.8, 4) is 0 Å². The van der Waals surface area contributed by atoms with E-state index in [1.807, 2.05) is 30.1 Å². The van der Waals surface area contributed by atoms with Gasteiger partial charge in [-0.3, -0.25) is 4.79 Å². The van der Waals surface area contributed by atoms with Gasteiger partial charge < -0.3 is 14.9 Å². The summed E-state index contributed by atoms with van der Waals surface area (Å²) in [6.45, 7) is 5.30.